The fourth-order valence-electron chi connectivity index (χ4n) is 2.52. The van der Waals surface area contributed by atoms with Gasteiger partial charge >= 0.3 is 0 Å². The lowest BCUT2D eigenvalue weighted by atomic mass is 10.1. The molecule has 6 heteroatoms. The number of nitrogens with one attached hydrogen (secondary N) is 2. The fraction of sp³-hybridized carbons (Fsp3) is 0.211. The van der Waals surface area contributed by atoms with Gasteiger partial charge in [-0.25, -0.2) is 0 Å². The summed E-state index contributed by atoms with van der Waals surface area (Å²) < 4.78 is 0. The molecule has 1 aromatic heterocycles. The average molecular weight is 334 g/mol. The van der Waals surface area contributed by atoms with Gasteiger partial charge in [0.25, 0.3) is 0 Å². The van der Waals surface area contributed by atoms with Crippen LogP contribution in [-0.4, -0.2) is 21.5 Å². The molecule has 2 aromatic carbocycles. The quantitative estimate of drug-likeness (QED) is 0.614. The number of anilines is 3. The Morgan fingerprint density at radius 3 is 2.24 bits per heavy atom. The fourth-order valence-corrected chi connectivity index (χ4v) is 2.52. The van der Waals surface area contributed by atoms with Gasteiger partial charge in [0.1, 0.15) is 0 Å². The highest BCUT2D eigenvalue weighted by Crippen LogP contribution is 2.17. The van der Waals surface area contributed by atoms with E-state index in [1.54, 1.807) is 0 Å². The maximum atomic E-state index is 5.81. The van der Waals surface area contributed by atoms with E-state index in [9.17, 15) is 0 Å². The van der Waals surface area contributed by atoms with Gasteiger partial charge in [-0.15, -0.1) is 0 Å². The van der Waals surface area contributed by atoms with Gasteiger partial charge in [-0.1, -0.05) is 60.7 Å². The van der Waals surface area contributed by atoms with Gasteiger partial charge in [0.05, 0.1) is 6.04 Å². The summed E-state index contributed by atoms with van der Waals surface area (Å²) in [4.78, 5) is 12.7. The molecular weight excluding hydrogens is 312 g/mol. The summed E-state index contributed by atoms with van der Waals surface area (Å²) >= 11 is 0. The molecular formula is C19H22N6. The first-order valence-corrected chi connectivity index (χ1v) is 8.31. The molecule has 3 aromatic rings. The van der Waals surface area contributed by atoms with Crippen LogP contribution in [-0.2, 0) is 6.42 Å². The number of rotatable bonds is 7. The standard InChI is InChI=1S/C19H22N6/c1-14(16-10-6-3-7-11-16)22-19-24-17(20)23-18(25-19)21-13-12-15-8-4-2-5-9-15/h2-11,14H,12-13H2,1H3,(H4,20,21,22,23,24,25)/t14-/m0/s1. The first kappa shape index (κ1) is 16.7. The van der Waals surface area contributed by atoms with Crippen LogP contribution in [0.15, 0.2) is 60.7 Å². The minimum absolute atomic E-state index is 0.0696. The Morgan fingerprint density at radius 2 is 1.52 bits per heavy atom. The van der Waals surface area contributed by atoms with Crippen molar-refractivity contribution in [3.8, 4) is 0 Å². The second-order valence-electron chi connectivity index (χ2n) is 5.78. The lowest BCUT2D eigenvalue weighted by molar-refractivity contribution is 0.854. The molecule has 0 amide bonds. The Bertz CT molecular complexity index is 792. The van der Waals surface area contributed by atoms with E-state index in [1.165, 1.54) is 5.56 Å². The molecule has 0 bridgehead atoms. The minimum atomic E-state index is 0.0696. The Labute approximate surface area is 147 Å². The van der Waals surface area contributed by atoms with Crippen LogP contribution < -0.4 is 16.4 Å². The molecule has 0 saturated heterocycles. The van der Waals surface area contributed by atoms with Gasteiger partial charge < -0.3 is 16.4 Å². The number of aromatic nitrogens is 3. The van der Waals surface area contributed by atoms with Crippen molar-refractivity contribution in [2.75, 3.05) is 22.9 Å². The first-order chi connectivity index (χ1) is 12.2. The molecule has 0 fully saturated rings. The van der Waals surface area contributed by atoms with Crippen molar-refractivity contribution in [2.24, 2.45) is 0 Å². The van der Waals surface area contributed by atoms with E-state index in [2.05, 4.69) is 56.8 Å². The third-order valence-electron chi connectivity index (χ3n) is 3.84. The van der Waals surface area contributed by atoms with Crippen molar-refractivity contribution < 1.29 is 0 Å². The normalized spacial score (nSPS) is 11.7. The molecule has 1 atom stereocenters. The van der Waals surface area contributed by atoms with E-state index in [0.29, 0.717) is 11.9 Å². The molecule has 0 aliphatic rings. The molecule has 0 aliphatic heterocycles. The second-order valence-corrected chi connectivity index (χ2v) is 5.78. The Morgan fingerprint density at radius 1 is 0.880 bits per heavy atom. The topological polar surface area (TPSA) is 88.8 Å². The van der Waals surface area contributed by atoms with Crippen LogP contribution in [0.2, 0.25) is 0 Å². The van der Waals surface area contributed by atoms with Crippen molar-refractivity contribution in [3.05, 3.63) is 71.8 Å². The van der Waals surface area contributed by atoms with Gasteiger partial charge in [-0.2, -0.15) is 15.0 Å². The molecule has 4 N–H and O–H groups in total. The highest BCUT2D eigenvalue weighted by molar-refractivity contribution is 5.41. The van der Waals surface area contributed by atoms with E-state index >= 15 is 0 Å². The SMILES string of the molecule is C[C@H](Nc1nc(N)nc(NCCc2ccccc2)n1)c1ccccc1. The summed E-state index contributed by atoms with van der Waals surface area (Å²) in [7, 11) is 0. The highest BCUT2D eigenvalue weighted by atomic mass is 15.2. The maximum absolute atomic E-state index is 5.81. The van der Waals surface area contributed by atoms with Crippen LogP contribution in [0.1, 0.15) is 24.1 Å². The van der Waals surface area contributed by atoms with Gasteiger partial charge in [0, 0.05) is 6.54 Å². The van der Waals surface area contributed by atoms with Crippen molar-refractivity contribution in [3.63, 3.8) is 0 Å². The molecule has 0 unspecified atom stereocenters. The Kier molecular flexibility index (Phi) is 5.41. The average Bonchev–Trinajstić information content (AvgIpc) is 2.63. The molecule has 3 rings (SSSR count). The highest BCUT2D eigenvalue weighted by Gasteiger charge is 2.09. The zero-order valence-corrected chi connectivity index (χ0v) is 14.2. The third kappa shape index (κ3) is 4.91. The number of nitrogens with zero attached hydrogens (tertiary/aromatic N) is 3. The van der Waals surface area contributed by atoms with Crippen molar-refractivity contribution in [1.82, 2.24) is 15.0 Å². The lowest BCUT2D eigenvalue weighted by Gasteiger charge is -2.15. The first-order valence-electron chi connectivity index (χ1n) is 8.31. The summed E-state index contributed by atoms with van der Waals surface area (Å²) in [6.45, 7) is 2.78. The van der Waals surface area contributed by atoms with Gasteiger partial charge in [-0.05, 0) is 24.5 Å². The maximum Gasteiger partial charge on any atom is 0.229 e. The third-order valence-corrected chi connectivity index (χ3v) is 3.84. The van der Waals surface area contributed by atoms with E-state index in [-0.39, 0.29) is 12.0 Å². The van der Waals surface area contributed by atoms with Crippen LogP contribution >= 0.6 is 0 Å². The summed E-state index contributed by atoms with van der Waals surface area (Å²) in [6.07, 6.45) is 0.885. The monoisotopic (exact) mass is 334 g/mol. The molecule has 1 heterocycles. The molecule has 128 valence electrons. The van der Waals surface area contributed by atoms with Gasteiger partial charge in [0.2, 0.25) is 17.8 Å². The Balaban J connectivity index is 1.62. The smallest absolute Gasteiger partial charge is 0.229 e. The lowest BCUT2D eigenvalue weighted by Crippen LogP contribution is -2.14. The predicted molar refractivity (Wildman–Crippen MR) is 101 cm³/mol. The van der Waals surface area contributed by atoms with Crippen LogP contribution in [0.4, 0.5) is 17.8 Å². The minimum Gasteiger partial charge on any atom is -0.368 e. The number of nitrogens with two attached hydrogens (primary N) is 1. The van der Waals surface area contributed by atoms with Crippen LogP contribution in [0, 0.1) is 0 Å². The largest absolute Gasteiger partial charge is 0.368 e. The number of hydrogen-bond acceptors (Lipinski definition) is 6. The van der Waals surface area contributed by atoms with Crippen molar-refractivity contribution in [2.45, 2.75) is 19.4 Å². The van der Waals surface area contributed by atoms with E-state index in [0.717, 1.165) is 18.5 Å². The second kappa shape index (κ2) is 8.10. The number of hydrogen-bond donors (Lipinski definition) is 3. The summed E-state index contributed by atoms with van der Waals surface area (Å²) in [6, 6.07) is 20.4. The molecule has 0 aliphatic carbocycles. The molecule has 0 saturated carbocycles. The molecule has 0 radical (unpaired) electrons. The zero-order valence-electron chi connectivity index (χ0n) is 14.2. The molecule has 6 nitrogen and oxygen atoms in total. The van der Waals surface area contributed by atoms with E-state index < -0.39 is 0 Å². The molecule has 0 spiro atoms. The summed E-state index contributed by atoms with van der Waals surface area (Å²) in [5.74, 6) is 1.14. The molecule has 25 heavy (non-hydrogen) atoms. The van der Waals surface area contributed by atoms with Gasteiger partial charge in [0.15, 0.2) is 0 Å². The summed E-state index contributed by atoms with van der Waals surface area (Å²) in [5.41, 5.74) is 8.22. The summed E-state index contributed by atoms with van der Waals surface area (Å²) in [5, 5.41) is 6.47. The van der Waals surface area contributed by atoms with E-state index in [1.807, 2.05) is 36.4 Å². The van der Waals surface area contributed by atoms with Crippen LogP contribution in [0.25, 0.3) is 0 Å². The number of benzene rings is 2. The Hall–Kier alpha value is -3.15. The van der Waals surface area contributed by atoms with Gasteiger partial charge in [-0.3, -0.25) is 0 Å². The van der Waals surface area contributed by atoms with Crippen molar-refractivity contribution in [1.29, 1.82) is 0 Å². The van der Waals surface area contributed by atoms with Crippen LogP contribution in [0.3, 0.4) is 0 Å². The zero-order chi connectivity index (χ0) is 17.5. The predicted octanol–water partition coefficient (Wildman–Crippen LogP) is 3.28. The van der Waals surface area contributed by atoms with Crippen molar-refractivity contribution >= 4 is 17.8 Å². The number of nitrogen functional groups attached to an aromatic ring is 1. The van der Waals surface area contributed by atoms with Crippen LogP contribution in [0.5, 0.6) is 0 Å². The van der Waals surface area contributed by atoms with E-state index in [4.69, 9.17) is 5.73 Å².